The third-order valence-electron chi connectivity index (χ3n) is 2.90. The van der Waals surface area contributed by atoms with Gasteiger partial charge in [-0.25, -0.2) is 4.57 Å². The molecule has 0 rings (SSSR count). The normalized spacial score (nSPS) is 15.9. The lowest BCUT2D eigenvalue weighted by molar-refractivity contribution is -0.138. The summed E-state index contributed by atoms with van der Waals surface area (Å²) in [4.78, 5) is 39.2. The number of phosphoric ester groups is 1. The molecule has 3 atom stereocenters. The molecular formula is C11H23N2O9P. The van der Waals surface area contributed by atoms with E-state index in [4.69, 9.17) is 25.7 Å². The molecule has 0 aromatic heterocycles. The number of aliphatic hydroxyl groups excluding tert-OH is 2. The average molecular weight is 358 g/mol. The Labute approximate surface area is 132 Å². The minimum Gasteiger partial charge on any atom is -0.480 e. The van der Waals surface area contributed by atoms with Gasteiger partial charge in [0, 0.05) is 0 Å². The lowest BCUT2D eigenvalue weighted by atomic mass is 10.1. The molecule has 136 valence electrons. The summed E-state index contributed by atoms with van der Waals surface area (Å²) in [6.45, 7) is -1.26. The zero-order valence-electron chi connectivity index (χ0n) is 12.4. The van der Waals surface area contributed by atoms with Gasteiger partial charge in [-0.3, -0.25) is 14.1 Å². The first-order valence-corrected chi connectivity index (χ1v) is 8.36. The fourth-order valence-electron chi connectivity index (χ4n) is 1.63. The SMILES string of the molecule is N[C@@H](CCCCN[C@H](CO)C(=O)[C@H](O)COP(=O)(O)O)C(=O)O. The van der Waals surface area contributed by atoms with E-state index in [-0.39, 0.29) is 13.0 Å². The summed E-state index contributed by atoms with van der Waals surface area (Å²) in [6.07, 6.45) is -0.572. The summed E-state index contributed by atoms with van der Waals surface area (Å²) in [5, 5.41) is 29.8. The summed E-state index contributed by atoms with van der Waals surface area (Å²) in [6, 6.07) is -2.09. The molecule has 0 aliphatic heterocycles. The first-order valence-electron chi connectivity index (χ1n) is 6.83. The van der Waals surface area contributed by atoms with Crippen LogP contribution in [0.5, 0.6) is 0 Å². The fourth-order valence-corrected chi connectivity index (χ4v) is 1.96. The van der Waals surface area contributed by atoms with Gasteiger partial charge >= 0.3 is 13.8 Å². The van der Waals surface area contributed by atoms with Gasteiger partial charge in [0.2, 0.25) is 0 Å². The molecule has 0 aromatic carbocycles. The minimum atomic E-state index is -4.80. The maximum atomic E-state index is 11.7. The number of carboxylic acid groups (broad SMARTS) is 1. The number of nitrogens with one attached hydrogen (secondary N) is 1. The van der Waals surface area contributed by atoms with E-state index in [9.17, 15) is 19.3 Å². The number of hydrogen-bond acceptors (Lipinski definition) is 8. The molecule has 0 aromatic rings. The maximum Gasteiger partial charge on any atom is 0.469 e. The van der Waals surface area contributed by atoms with Crippen LogP contribution in [0.3, 0.4) is 0 Å². The van der Waals surface area contributed by atoms with Crippen molar-refractivity contribution in [2.45, 2.75) is 37.5 Å². The van der Waals surface area contributed by atoms with Gasteiger partial charge in [0.1, 0.15) is 12.1 Å². The Bertz CT molecular complexity index is 428. The van der Waals surface area contributed by atoms with Gasteiger partial charge in [-0.1, -0.05) is 6.42 Å². The Morgan fingerprint density at radius 1 is 1.26 bits per heavy atom. The number of rotatable bonds is 13. The van der Waals surface area contributed by atoms with Crippen LogP contribution in [0.1, 0.15) is 19.3 Å². The van der Waals surface area contributed by atoms with Crippen molar-refractivity contribution in [1.29, 1.82) is 0 Å². The zero-order chi connectivity index (χ0) is 18.0. The van der Waals surface area contributed by atoms with Crippen molar-refractivity contribution in [3.05, 3.63) is 0 Å². The van der Waals surface area contributed by atoms with Crippen molar-refractivity contribution in [1.82, 2.24) is 5.32 Å². The number of nitrogens with two attached hydrogens (primary N) is 1. The van der Waals surface area contributed by atoms with Gasteiger partial charge in [0.05, 0.1) is 19.3 Å². The molecule has 0 heterocycles. The lowest BCUT2D eigenvalue weighted by Crippen LogP contribution is -2.46. The minimum absolute atomic E-state index is 0.257. The Morgan fingerprint density at radius 3 is 2.35 bits per heavy atom. The smallest absolute Gasteiger partial charge is 0.469 e. The van der Waals surface area contributed by atoms with Crippen molar-refractivity contribution >= 4 is 19.6 Å². The predicted molar refractivity (Wildman–Crippen MR) is 77.3 cm³/mol. The number of carbonyl (C=O) groups excluding carboxylic acids is 1. The molecule has 11 nitrogen and oxygen atoms in total. The number of phosphoric acid groups is 1. The largest absolute Gasteiger partial charge is 0.480 e. The van der Waals surface area contributed by atoms with E-state index < -0.39 is 51.0 Å². The third kappa shape index (κ3) is 10.5. The number of aliphatic hydroxyl groups is 2. The van der Waals surface area contributed by atoms with Crippen molar-refractivity contribution in [2.24, 2.45) is 5.73 Å². The topological polar surface area (TPSA) is 200 Å². The van der Waals surface area contributed by atoms with E-state index in [0.717, 1.165) is 0 Å². The standard InChI is InChI=1S/C11H23N2O9P/c12-7(11(17)18)3-1-2-4-13-8(5-14)10(16)9(15)6-22-23(19,20)21/h7-9,13-15H,1-6,12H2,(H,17,18)(H2,19,20,21)/t7-,8+,9+/m0/s1. The molecule has 0 aliphatic carbocycles. The molecule has 0 fully saturated rings. The summed E-state index contributed by atoms with van der Waals surface area (Å²) < 4.78 is 14.5. The second-order valence-electron chi connectivity index (χ2n) is 4.83. The van der Waals surface area contributed by atoms with Gasteiger partial charge in [-0.2, -0.15) is 0 Å². The Balaban J connectivity index is 4.10. The molecular weight excluding hydrogens is 335 g/mol. The number of carboxylic acids is 1. The van der Waals surface area contributed by atoms with E-state index >= 15 is 0 Å². The molecule has 0 radical (unpaired) electrons. The van der Waals surface area contributed by atoms with E-state index in [2.05, 4.69) is 9.84 Å². The number of aliphatic carboxylic acids is 1. The average Bonchev–Trinajstić information content (AvgIpc) is 2.46. The Hall–Kier alpha value is -0.910. The molecule has 23 heavy (non-hydrogen) atoms. The highest BCUT2D eigenvalue weighted by molar-refractivity contribution is 7.46. The van der Waals surface area contributed by atoms with Crippen molar-refractivity contribution in [2.75, 3.05) is 19.8 Å². The molecule has 0 unspecified atom stereocenters. The number of unbranched alkanes of at least 4 members (excludes halogenated alkanes) is 1. The van der Waals surface area contributed by atoms with Gasteiger partial charge in [0.15, 0.2) is 5.78 Å². The monoisotopic (exact) mass is 358 g/mol. The van der Waals surface area contributed by atoms with Crippen LogP contribution in [0.2, 0.25) is 0 Å². The van der Waals surface area contributed by atoms with Crippen LogP contribution in [0.4, 0.5) is 0 Å². The van der Waals surface area contributed by atoms with Crippen LogP contribution in [-0.4, -0.2) is 74.8 Å². The summed E-state index contributed by atoms with van der Waals surface area (Å²) in [5.41, 5.74) is 5.32. The molecule has 0 amide bonds. The van der Waals surface area contributed by atoms with Crippen LogP contribution in [0.15, 0.2) is 0 Å². The molecule has 0 bridgehead atoms. The first kappa shape index (κ1) is 22.1. The van der Waals surface area contributed by atoms with Crippen LogP contribution in [-0.2, 0) is 18.7 Å². The Kier molecular flexibility index (Phi) is 10.4. The predicted octanol–water partition coefficient (Wildman–Crippen LogP) is -2.44. The lowest BCUT2D eigenvalue weighted by Gasteiger charge is -2.19. The van der Waals surface area contributed by atoms with E-state index in [1.54, 1.807) is 0 Å². The molecule has 0 saturated carbocycles. The van der Waals surface area contributed by atoms with Gasteiger partial charge < -0.3 is 36.2 Å². The van der Waals surface area contributed by atoms with Crippen molar-refractivity contribution < 1.29 is 43.8 Å². The molecule has 0 saturated heterocycles. The highest BCUT2D eigenvalue weighted by Gasteiger charge is 2.27. The molecule has 0 spiro atoms. The Morgan fingerprint density at radius 2 is 1.87 bits per heavy atom. The summed E-state index contributed by atoms with van der Waals surface area (Å²) in [7, 11) is -4.80. The van der Waals surface area contributed by atoms with Crippen LogP contribution in [0, 0.1) is 0 Å². The van der Waals surface area contributed by atoms with Crippen molar-refractivity contribution in [3.63, 3.8) is 0 Å². The van der Waals surface area contributed by atoms with Crippen LogP contribution in [0.25, 0.3) is 0 Å². The third-order valence-corrected chi connectivity index (χ3v) is 3.39. The van der Waals surface area contributed by atoms with Gasteiger partial charge in [-0.05, 0) is 19.4 Å². The van der Waals surface area contributed by atoms with E-state index in [1.165, 1.54) is 0 Å². The number of ketones is 1. The highest BCUT2D eigenvalue weighted by atomic mass is 31.2. The second kappa shape index (κ2) is 10.8. The molecule has 0 aliphatic rings. The van der Waals surface area contributed by atoms with Gasteiger partial charge in [-0.15, -0.1) is 0 Å². The number of carbonyl (C=O) groups is 2. The fraction of sp³-hybridized carbons (Fsp3) is 0.818. The van der Waals surface area contributed by atoms with Crippen LogP contribution >= 0.6 is 7.82 Å². The number of Topliss-reactive ketones (excluding diaryl/α,β-unsaturated/α-hetero) is 1. The first-order chi connectivity index (χ1) is 10.6. The van der Waals surface area contributed by atoms with Crippen molar-refractivity contribution in [3.8, 4) is 0 Å². The highest BCUT2D eigenvalue weighted by Crippen LogP contribution is 2.35. The van der Waals surface area contributed by atoms with Crippen LogP contribution < -0.4 is 11.1 Å². The summed E-state index contributed by atoms with van der Waals surface area (Å²) in [5.74, 6) is -1.97. The molecule has 12 heteroatoms. The quantitative estimate of drug-likeness (QED) is 0.136. The summed E-state index contributed by atoms with van der Waals surface area (Å²) >= 11 is 0. The zero-order valence-corrected chi connectivity index (χ0v) is 13.3. The molecule has 8 N–H and O–H groups in total. The van der Waals surface area contributed by atoms with E-state index in [0.29, 0.717) is 12.8 Å². The second-order valence-corrected chi connectivity index (χ2v) is 6.07. The van der Waals surface area contributed by atoms with Gasteiger partial charge in [0.25, 0.3) is 0 Å². The van der Waals surface area contributed by atoms with E-state index in [1.807, 2.05) is 0 Å². The maximum absolute atomic E-state index is 11.7. The number of hydrogen-bond donors (Lipinski definition) is 7.